The van der Waals surface area contributed by atoms with Crippen molar-refractivity contribution in [2.24, 2.45) is 23.8 Å². The maximum atomic E-state index is 5.62. The third-order valence-corrected chi connectivity index (χ3v) is 2.54. The molecule has 7 nitrogen and oxygen atoms in total. The molecule has 0 bridgehead atoms. The Morgan fingerprint density at radius 2 is 2.33 bits per heavy atom. The first-order valence-electron chi connectivity index (χ1n) is 4.67. The topological polar surface area (TPSA) is 97.5 Å². The van der Waals surface area contributed by atoms with Gasteiger partial charge >= 0.3 is 0 Å². The molecule has 1 aliphatic heterocycles. The maximum absolute atomic E-state index is 5.62. The fourth-order valence-electron chi connectivity index (χ4n) is 1.76. The summed E-state index contributed by atoms with van der Waals surface area (Å²) < 4.78 is 1.96. The number of amidine groups is 1. The lowest BCUT2D eigenvalue weighted by Gasteiger charge is -2.14. The Morgan fingerprint density at radius 1 is 1.60 bits per heavy atom. The number of hydrazone groups is 1. The molecule has 0 radical (unpaired) electrons. The van der Waals surface area contributed by atoms with Gasteiger partial charge in [0.2, 0.25) is 5.84 Å². The molecule has 0 amide bonds. The Morgan fingerprint density at radius 3 is 2.87 bits per heavy atom. The van der Waals surface area contributed by atoms with Crippen LogP contribution < -0.4 is 17.0 Å². The van der Waals surface area contributed by atoms with E-state index >= 15 is 0 Å². The van der Waals surface area contributed by atoms with Crippen LogP contribution in [0.2, 0.25) is 0 Å². The van der Waals surface area contributed by atoms with Crippen LogP contribution in [0.25, 0.3) is 0 Å². The highest BCUT2D eigenvalue weighted by Gasteiger charge is 2.22. The highest BCUT2D eigenvalue weighted by molar-refractivity contribution is 5.95. The minimum Gasteiger partial charge on any atom is -0.327 e. The van der Waals surface area contributed by atoms with Gasteiger partial charge in [-0.3, -0.25) is 5.01 Å². The zero-order chi connectivity index (χ0) is 11.0. The lowest BCUT2D eigenvalue weighted by Crippen LogP contribution is -2.36. The van der Waals surface area contributed by atoms with Crippen molar-refractivity contribution in [3.05, 3.63) is 17.2 Å². The smallest absolute Gasteiger partial charge is 0.205 e. The van der Waals surface area contributed by atoms with Crippen molar-refractivity contribution in [2.75, 3.05) is 7.05 Å². The van der Waals surface area contributed by atoms with Crippen LogP contribution in [0.15, 0.2) is 5.10 Å². The zero-order valence-corrected chi connectivity index (χ0v) is 8.86. The molecule has 0 aliphatic carbocycles. The van der Waals surface area contributed by atoms with Crippen LogP contribution in [-0.2, 0) is 20.1 Å². The fraction of sp³-hybridized carbons (Fsp3) is 0.500. The molecule has 0 saturated carbocycles. The van der Waals surface area contributed by atoms with Crippen molar-refractivity contribution in [1.29, 1.82) is 0 Å². The van der Waals surface area contributed by atoms with Crippen LogP contribution in [0.1, 0.15) is 17.2 Å². The van der Waals surface area contributed by atoms with Gasteiger partial charge in [0.15, 0.2) is 5.82 Å². The summed E-state index contributed by atoms with van der Waals surface area (Å²) in [5.74, 6) is 12.1. The van der Waals surface area contributed by atoms with Crippen molar-refractivity contribution >= 4 is 5.84 Å². The Labute approximate surface area is 87.7 Å². The fourth-order valence-corrected chi connectivity index (χ4v) is 1.76. The molecule has 0 atom stereocenters. The summed E-state index contributed by atoms with van der Waals surface area (Å²) in [7, 11) is 3.62. The van der Waals surface area contributed by atoms with E-state index in [-0.39, 0.29) is 0 Å². The molecule has 1 aliphatic rings. The summed E-state index contributed by atoms with van der Waals surface area (Å²) in [5.41, 5.74) is 2.20. The highest BCUT2D eigenvalue weighted by Crippen LogP contribution is 2.16. The second-order valence-electron chi connectivity index (χ2n) is 3.55. The van der Waals surface area contributed by atoms with Gasteiger partial charge in [0.1, 0.15) is 0 Å². The van der Waals surface area contributed by atoms with Crippen LogP contribution in [0.5, 0.6) is 0 Å². The van der Waals surface area contributed by atoms with Crippen molar-refractivity contribution in [1.82, 2.24) is 19.9 Å². The number of nitrogens with zero attached hydrogens (tertiary/aromatic N) is 4. The Hall–Kier alpha value is -1.60. The Balaban J connectivity index is 2.46. The quantitative estimate of drug-likeness (QED) is 0.225. The number of nitrogens with two attached hydrogens (primary N) is 2. The number of hydrogen-bond acceptors (Lipinski definition) is 5. The van der Waals surface area contributed by atoms with E-state index in [0.29, 0.717) is 11.7 Å². The van der Waals surface area contributed by atoms with Gasteiger partial charge in [-0.1, -0.05) is 0 Å². The summed E-state index contributed by atoms with van der Waals surface area (Å²) >= 11 is 0. The first-order valence-corrected chi connectivity index (χ1v) is 4.67. The molecular formula is C8H15N7. The molecule has 0 aromatic carbocycles. The summed E-state index contributed by atoms with van der Waals surface area (Å²) in [6.07, 6.45) is 0. The van der Waals surface area contributed by atoms with E-state index < -0.39 is 0 Å². The van der Waals surface area contributed by atoms with Crippen molar-refractivity contribution < 1.29 is 0 Å². The van der Waals surface area contributed by atoms with E-state index in [1.165, 1.54) is 5.01 Å². The van der Waals surface area contributed by atoms with Gasteiger partial charge in [-0.05, 0) is 0 Å². The van der Waals surface area contributed by atoms with E-state index in [4.69, 9.17) is 11.7 Å². The van der Waals surface area contributed by atoms with Crippen LogP contribution in [0.3, 0.4) is 0 Å². The molecule has 1 aromatic heterocycles. The molecule has 0 unspecified atom stereocenters. The van der Waals surface area contributed by atoms with Crippen LogP contribution in [0.4, 0.5) is 0 Å². The minimum atomic E-state index is 0.479. The van der Waals surface area contributed by atoms with Gasteiger partial charge in [-0.15, -0.1) is 0 Å². The molecule has 1 aromatic rings. The molecule has 0 spiro atoms. The van der Waals surface area contributed by atoms with Crippen LogP contribution >= 0.6 is 0 Å². The lowest BCUT2D eigenvalue weighted by atomic mass is 10.4. The first kappa shape index (κ1) is 9.94. The molecule has 0 saturated heterocycles. The number of hydrogen-bond donors (Lipinski definition) is 3. The van der Waals surface area contributed by atoms with Crippen molar-refractivity contribution in [2.45, 2.75) is 13.1 Å². The third kappa shape index (κ3) is 1.45. The zero-order valence-electron chi connectivity index (χ0n) is 8.86. The number of hydrazine groups is 1. The monoisotopic (exact) mass is 209 g/mol. The predicted molar refractivity (Wildman–Crippen MR) is 56.4 cm³/mol. The van der Waals surface area contributed by atoms with E-state index in [2.05, 4.69) is 15.4 Å². The molecule has 2 rings (SSSR count). The molecule has 5 N–H and O–H groups in total. The van der Waals surface area contributed by atoms with E-state index in [0.717, 1.165) is 24.5 Å². The van der Waals surface area contributed by atoms with Crippen LogP contribution in [-0.4, -0.2) is 27.4 Å². The first-order chi connectivity index (χ1) is 7.15. The second kappa shape index (κ2) is 3.52. The normalized spacial score (nSPS) is 15.5. The van der Waals surface area contributed by atoms with Crippen molar-refractivity contribution in [3.8, 4) is 0 Å². The van der Waals surface area contributed by atoms with Gasteiger partial charge < -0.3 is 15.7 Å². The minimum absolute atomic E-state index is 0.479. The van der Waals surface area contributed by atoms with E-state index in [9.17, 15) is 0 Å². The summed E-state index contributed by atoms with van der Waals surface area (Å²) in [4.78, 5) is 4.45. The van der Waals surface area contributed by atoms with Gasteiger partial charge in [-0.2, -0.15) is 5.10 Å². The maximum Gasteiger partial charge on any atom is 0.205 e. The number of imidazole rings is 1. The van der Waals surface area contributed by atoms with Gasteiger partial charge in [0, 0.05) is 27.2 Å². The summed E-state index contributed by atoms with van der Waals surface area (Å²) in [5, 5.41) is 8.23. The standard InChI is InChI=1S/C8H15N7/c1-14-6-4-11-3-5(6)12-7(14)8(13-9)15(2)10/h11H,3-4,9-10H2,1-2H3/b13-8-. The summed E-state index contributed by atoms with van der Waals surface area (Å²) in [6, 6.07) is 0. The second-order valence-corrected chi connectivity index (χ2v) is 3.55. The number of aromatic nitrogens is 2. The number of rotatable bonds is 1. The third-order valence-electron chi connectivity index (χ3n) is 2.54. The Kier molecular flexibility index (Phi) is 2.33. The average molecular weight is 209 g/mol. The van der Waals surface area contributed by atoms with Gasteiger partial charge in [0.05, 0.1) is 11.4 Å². The number of nitrogens with one attached hydrogen (secondary N) is 1. The van der Waals surface area contributed by atoms with E-state index in [1.54, 1.807) is 7.05 Å². The molecular weight excluding hydrogens is 194 g/mol. The molecule has 2 heterocycles. The molecule has 7 heteroatoms. The van der Waals surface area contributed by atoms with Crippen molar-refractivity contribution in [3.63, 3.8) is 0 Å². The molecule has 0 fully saturated rings. The van der Waals surface area contributed by atoms with Gasteiger partial charge in [-0.25, -0.2) is 10.8 Å². The van der Waals surface area contributed by atoms with E-state index in [1.807, 2.05) is 11.6 Å². The lowest BCUT2D eigenvalue weighted by molar-refractivity contribution is 0.529. The molecule has 15 heavy (non-hydrogen) atoms. The highest BCUT2D eigenvalue weighted by atomic mass is 15.4. The Bertz CT molecular complexity index is 403. The van der Waals surface area contributed by atoms with Crippen LogP contribution in [0, 0.1) is 0 Å². The SMILES string of the molecule is CN(N)/C(=N\N)c1nc2c(n1C)CNC2. The van der Waals surface area contributed by atoms with Gasteiger partial charge in [0.25, 0.3) is 0 Å². The largest absolute Gasteiger partial charge is 0.327 e. The summed E-state index contributed by atoms with van der Waals surface area (Å²) in [6.45, 7) is 1.61. The molecule has 82 valence electrons. The predicted octanol–water partition coefficient (Wildman–Crippen LogP) is -1.55. The average Bonchev–Trinajstić information content (AvgIpc) is 2.72. The number of fused-ring (bicyclic) bond motifs is 1.